The molecule has 0 amide bonds. The van der Waals surface area contributed by atoms with Gasteiger partial charge in [-0.1, -0.05) is 39.8 Å². The maximum Gasteiger partial charge on any atom is 0.0863 e. The number of hydrogen-bond donors (Lipinski definition) is 6. The van der Waals surface area contributed by atoms with E-state index >= 15 is 0 Å². The Hall–Kier alpha value is -0.500. The lowest BCUT2D eigenvalue weighted by atomic mass is 9.42. The standard InChI is InChI=1S/C27H46O6/c1-15(14-28)6-5-7-16(2)21-22(31)23(32)24-26(21,4)11-9-20-25(3)10-8-17(29)12-18(25)19(30)13-27(20,24)33/h5,7,15-24,28-33H,6,8-14H2,1-4H3/b7-5+/t15-,16-,17+,18-,19-,20-,21+,22-,23+,24-,25+,26-,27+/m1/s1. The van der Waals surface area contributed by atoms with Crippen molar-refractivity contribution >= 4 is 0 Å². The highest BCUT2D eigenvalue weighted by Gasteiger charge is 2.72. The van der Waals surface area contributed by atoms with Gasteiger partial charge in [0.05, 0.1) is 30.0 Å². The fourth-order valence-electron chi connectivity index (χ4n) is 9.16. The largest absolute Gasteiger partial charge is 0.396 e. The van der Waals surface area contributed by atoms with E-state index in [1.54, 1.807) is 0 Å². The molecule has 0 aliphatic heterocycles. The smallest absolute Gasteiger partial charge is 0.0863 e. The van der Waals surface area contributed by atoms with Crippen LogP contribution in [0.25, 0.3) is 0 Å². The SMILES string of the molecule is C[C@@H](CO)C/C=C/[C@@H](C)[C@H]1[C@@H](O)[C@H](O)[C@@H]2[C@]1(C)CC[C@@H]1[C@@]3(C)CC[C@H](O)C[C@@H]3[C@H](O)C[C@]12O. The summed E-state index contributed by atoms with van der Waals surface area (Å²) in [6.45, 7) is 8.47. The number of rotatable bonds is 5. The second-order valence-corrected chi connectivity index (χ2v) is 12.7. The molecule has 4 aliphatic rings. The van der Waals surface area contributed by atoms with Crippen LogP contribution in [0.5, 0.6) is 0 Å². The van der Waals surface area contributed by atoms with Crippen LogP contribution in [0.15, 0.2) is 12.2 Å². The molecule has 190 valence electrons. The van der Waals surface area contributed by atoms with Crippen molar-refractivity contribution in [2.75, 3.05) is 6.61 Å². The minimum Gasteiger partial charge on any atom is -0.396 e. The van der Waals surface area contributed by atoms with Gasteiger partial charge in [-0.3, -0.25) is 0 Å². The number of fused-ring (bicyclic) bond motifs is 5. The van der Waals surface area contributed by atoms with Crippen LogP contribution >= 0.6 is 0 Å². The van der Waals surface area contributed by atoms with E-state index in [0.717, 1.165) is 25.7 Å². The van der Waals surface area contributed by atoms with Crippen LogP contribution in [-0.4, -0.2) is 67.3 Å². The molecule has 33 heavy (non-hydrogen) atoms. The maximum absolute atomic E-state index is 12.3. The Labute approximate surface area is 198 Å². The molecule has 4 saturated carbocycles. The van der Waals surface area contributed by atoms with Crippen molar-refractivity contribution in [3.8, 4) is 0 Å². The Morgan fingerprint density at radius 3 is 2.30 bits per heavy atom. The van der Waals surface area contributed by atoms with E-state index in [2.05, 4.69) is 32.9 Å². The van der Waals surface area contributed by atoms with Crippen LogP contribution in [0.3, 0.4) is 0 Å². The van der Waals surface area contributed by atoms with Crippen LogP contribution in [0.2, 0.25) is 0 Å². The highest BCUT2D eigenvalue weighted by Crippen LogP contribution is 2.69. The zero-order valence-corrected chi connectivity index (χ0v) is 20.8. The average molecular weight is 467 g/mol. The highest BCUT2D eigenvalue weighted by molar-refractivity contribution is 5.22. The zero-order valence-electron chi connectivity index (χ0n) is 20.8. The molecule has 4 rings (SSSR count). The predicted octanol–water partition coefficient (Wildman–Crippen LogP) is 2.24. The molecular formula is C27H46O6. The van der Waals surface area contributed by atoms with Gasteiger partial charge in [-0.05, 0) is 78.9 Å². The number of allylic oxidation sites excluding steroid dienone is 2. The lowest BCUT2D eigenvalue weighted by molar-refractivity contribution is -0.263. The van der Waals surface area contributed by atoms with Gasteiger partial charge in [-0.15, -0.1) is 0 Å². The topological polar surface area (TPSA) is 121 Å². The summed E-state index contributed by atoms with van der Waals surface area (Å²) in [6, 6.07) is 0. The normalized spacial score (nSPS) is 53.9. The van der Waals surface area contributed by atoms with Crippen molar-refractivity contribution in [3.63, 3.8) is 0 Å². The van der Waals surface area contributed by atoms with Crippen molar-refractivity contribution in [1.82, 2.24) is 0 Å². The first kappa shape index (κ1) is 25.6. The highest BCUT2D eigenvalue weighted by atomic mass is 16.3. The first-order valence-electron chi connectivity index (χ1n) is 13.1. The first-order valence-corrected chi connectivity index (χ1v) is 13.1. The van der Waals surface area contributed by atoms with Crippen LogP contribution in [0.1, 0.15) is 72.6 Å². The van der Waals surface area contributed by atoms with E-state index in [-0.39, 0.29) is 48.0 Å². The first-order chi connectivity index (χ1) is 15.4. The second-order valence-electron chi connectivity index (χ2n) is 12.7. The van der Waals surface area contributed by atoms with Gasteiger partial charge in [0.25, 0.3) is 0 Å². The quantitative estimate of drug-likeness (QED) is 0.346. The summed E-state index contributed by atoms with van der Waals surface area (Å²) < 4.78 is 0. The van der Waals surface area contributed by atoms with Gasteiger partial charge in [0.1, 0.15) is 0 Å². The molecule has 6 N–H and O–H groups in total. The van der Waals surface area contributed by atoms with E-state index in [1.165, 1.54) is 0 Å². The molecule has 0 bridgehead atoms. The number of aliphatic hydroxyl groups is 6. The third-order valence-electron chi connectivity index (χ3n) is 10.7. The molecule has 0 saturated heterocycles. The van der Waals surface area contributed by atoms with Crippen molar-refractivity contribution in [1.29, 1.82) is 0 Å². The molecule has 0 aromatic heterocycles. The van der Waals surface area contributed by atoms with E-state index < -0.39 is 41.3 Å². The molecular weight excluding hydrogens is 420 g/mol. The molecule has 6 heteroatoms. The molecule has 4 aliphatic carbocycles. The number of hydrogen-bond acceptors (Lipinski definition) is 6. The fourth-order valence-corrected chi connectivity index (χ4v) is 9.16. The Morgan fingerprint density at radius 1 is 0.970 bits per heavy atom. The zero-order chi connectivity index (χ0) is 24.3. The van der Waals surface area contributed by atoms with Crippen molar-refractivity contribution in [2.45, 2.75) is 103 Å². The van der Waals surface area contributed by atoms with Gasteiger partial charge in [-0.25, -0.2) is 0 Å². The van der Waals surface area contributed by atoms with Crippen molar-refractivity contribution < 1.29 is 30.6 Å². The molecule has 13 atom stereocenters. The molecule has 0 radical (unpaired) electrons. The fraction of sp³-hybridized carbons (Fsp3) is 0.926. The Bertz CT molecular complexity index is 742. The van der Waals surface area contributed by atoms with E-state index in [1.807, 2.05) is 6.92 Å². The minimum absolute atomic E-state index is 0.0115. The third kappa shape index (κ3) is 3.84. The molecule has 0 unspecified atom stereocenters. The van der Waals surface area contributed by atoms with Crippen LogP contribution in [-0.2, 0) is 0 Å². The van der Waals surface area contributed by atoms with Crippen LogP contribution < -0.4 is 0 Å². The van der Waals surface area contributed by atoms with E-state index in [0.29, 0.717) is 12.8 Å². The summed E-state index contributed by atoms with van der Waals surface area (Å²) in [7, 11) is 0. The van der Waals surface area contributed by atoms with Crippen molar-refractivity contribution in [2.24, 2.45) is 46.3 Å². The van der Waals surface area contributed by atoms with E-state index in [9.17, 15) is 30.6 Å². The average Bonchev–Trinajstić information content (AvgIpc) is 2.95. The Balaban J connectivity index is 1.65. The molecule has 0 heterocycles. The number of aliphatic hydroxyl groups excluding tert-OH is 5. The van der Waals surface area contributed by atoms with Gasteiger partial charge in [0.2, 0.25) is 0 Å². The summed E-state index contributed by atoms with van der Waals surface area (Å²) in [5.74, 6) is -0.628. The molecule has 6 nitrogen and oxygen atoms in total. The predicted molar refractivity (Wildman–Crippen MR) is 126 cm³/mol. The molecule has 0 aromatic carbocycles. The maximum atomic E-state index is 12.3. The van der Waals surface area contributed by atoms with Gasteiger partial charge in [0, 0.05) is 18.9 Å². The van der Waals surface area contributed by atoms with E-state index in [4.69, 9.17) is 0 Å². The summed E-state index contributed by atoms with van der Waals surface area (Å²) in [6.07, 6.45) is 5.61. The van der Waals surface area contributed by atoms with Gasteiger partial charge in [0.15, 0.2) is 0 Å². The summed E-state index contributed by atoms with van der Waals surface area (Å²) >= 11 is 0. The second kappa shape index (κ2) is 8.86. The molecule has 0 aromatic rings. The van der Waals surface area contributed by atoms with Crippen molar-refractivity contribution in [3.05, 3.63) is 12.2 Å². The van der Waals surface area contributed by atoms with Gasteiger partial charge in [-0.2, -0.15) is 0 Å². The summed E-state index contributed by atoms with van der Waals surface area (Å²) in [4.78, 5) is 0. The van der Waals surface area contributed by atoms with Crippen LogP contribution in [0.4, 0.5) is 0 Å². The van der Waals surface area contributed by atoms with Crippen LogP contribution in [0, 0.1) is 46.3 Å². The Kier molecular flexibility index (Phi) is 6.87. The molecule has 4 fully saturated rings. The Morgan fingerprint density at radius 2 is 1.64 bits per heavy atom. The lowest BCUT2D eigenvalue weighted by Gasteiger charge is -2.65. The monoisotopic (exact) mass is 466 g/mol. The third-order valence-corrected chi connectivity index (χ3v) is 10.7. The van der Waals surface area contributed by atoms with Gasteiger partial charge < -0.3 is 30.6 Å². The van der Waals surface area contributed by atoms with Gasteiger partial charge >= 0.3 is 0 Å². The molecule has 0 spiro atoms. The summed E-state index contributed by atoms with van der Waals surface area (Å²) in [5, 5.41) is 65.6. The lowest BCUT2D eigenvalue weighted by Crippen LogP contribution is -2.68. The summed E-state index contributed by atoms with van der Waals surface area (Å²) in [5.41, 5.74) is -1.99. The minimum atomic E-state index is -1.25.